The molecular weight excluding hydrogens is 136 g/mol. The van der Waals surface area contributed by atoms with Gasteiger partial charge in [-0.15, -0.1) is 0 Å². The second kappa shape index (κ2) is 2.07. The van der Waals surface area contributed by atoms with Crippen molar-refractivity contribution in [1.29, 1.82) is 0 Å². The van der Waals surface area contributed by atoms with Crippen LogP contribution in [-0.4, -0.2) is 28.4 Å². The molecular formula is C6H8O4. The minimum absolute atomic E-state index is 0.0601. The lowest BCUT2D eigenvalue weighted by atomic mass is 10.1. The van der Waals surface area contributed by atoms with Gasteiger partial charge in [-0.1, -0.05) is 0 Å². The Morgan fingerprint density at radius 1 is 1.80 bits per heavy atom. The summed E-state index contributed by atoms with van der Waals surface area (Å²) in [4.78, 5) is 10.8. The second-order valence-electron chi connectivity index (χ2n) is 2.21. The molecule has 1 rings (SSSR count). The average molecular weight is 144 g/mol. The molecule has 1 atom stereocenters. The number of aliphatic hydroxyl groups excluding tert-OH is 1. The van der Waals surface area contributed by atoms with Crippen molar-refractivity contribution in [2.45, 2.75) is 12.7 Å². The van der Waals surface area contributed by atoms with Gasteiger partial charge in [-0.2, -0.15) is 0 Å². The van der Waals surface area contributed by atoms with E-state index in [4.69, 9.17) is 10.2 Å². The van der Waals surface area contributed by atoms with E-state index in [1.54, 1.807) is 0 Å². The lowest BCUT2D eigenvalue weighted by molar-refractivity contribution is -0.195. The van der Waals surface area contributed by atoms with Crippen molar-refractivity contribution in [3.63, 3.8) is 0 Å². The molecule has 1 aliphatic rings. The molecule has 0 aromatic heterocycles. The molecule has 0 bridgehead atoms. The van der Waals surface area contributed by atoms with Crippen LogP contribution in [0.1, 0.15) is 6.92 Å². The van der Waals surface area contributed by atoms with Crippen molar-refractivity contribution in [1.82, 2.24) is 0 Å². The van der Waals surface area contributed by atoms with E-state index in [0.717, 1.165) is 0 Å². The maximum atomic E-state index is 10.8. The molecule has 0 saturated carbocycles. The summed E-state index contributed by atoms with van der Waals surface area (Å²) in [7, 11) is 0. The van der Waals surface area contributed by atoms with E-state index in [2.05, 4.69) is 4.74 Å². The summed E-state index contributed by atoms with van der Waals surface area (Å²) in [5.41, 5.74) is 0. The lowest BCUT2D eigenvalue weighted by Gasteiger charge is -2.24. The molecule has 0 aliphatic carbocycles. The zero-order valence-corrected chi connectivity index (χ0v) is 5.50. The summed E-state index contributed by atoms with van der Waals surface area (Å²) >= 11 is 0. The van der Waals surface area contributed by atoms with Gasteiger partial charge in [0.25, 0.3) is 5.78 Å². The molecule has 0 radical (unpaired) electrons. The van der Waals surface area contributed by atoms with Gasteiger partial charge in [0, 0.05) is 0 Å². The second-order valence-corrected chi connectivity index (χ2v) is 2.21. The van der Waals surface area contributed by atoms with Crippen molar-refractivity contribution in [2.75, 3.05) is 6.61 Å². The molecule has 0 spiro atoms. The Bertz CT molecular complexity index is 192. The number of Topliss-reactive ketones (excluding diaryl/α,β-unsaturated/α-hetero) is 1. The number of hydrogen-bond acceptors (Lipinski definition) is 4. The number of carbonyl (C=O) groups excluding carboxylic acids is 1. The van der Waals surface area contributed by atoms with Gasteiger partial charge in [-0.05, 0) is 13.0 Å². The van der Waals surface area contributed by atoms with E-state index in [-0.39, 0.29) is 6.61 Å². The van der Waals surface area contributed by atoms with Gasteiger partial charge in [0.15, 0.2) is 5.76 Å². The molecule has 56 valence electrons. The van der Waals surface area contributed by atoms with Crippen LogP contribution in [0, 0.1) is 0 Å². The van der Waals surface area contributed by atoms with E-state index in [1.165, 1.54) is 13.0 Å². The Morgan fingerprint density at radius 2 is 2.40 bits per heavy atom. The lowest BCUT2D eigenvalue weighted by Crippen LogP contribution is -2.42. The Balaban J connectivity index is 2.89. The Morgan fingerprint density at radius 3 is 2.80 bits per heavy atom. The highest BCUT2D eigenvalue weighted by atomic mass is 16.6. The first-order chi connectivity index (χ1) is 4.54. The van der Waals surface area contributed by atoms with Gasteiger partial charge in [0.2, 0.25) is 5.79 Å². The maximum absolute atomic E-state index is 10.8. The highest BCUT2D eigenvalue weighted by molar-refractivity contribution is 5.98. The van der Waals surface area contributed by atoms with Gasteiger partial charge in [-0.3, -0.25) is 4.79 Å². The average Bonchev–Trinajstić information content (AvgIpc) is 1.83. The molecule has 0 unspecified atom stereocenters. The van der Waals surface area contributed by atoms with E-state index in [0.29, 0.717) is 0 Å². The van der Waals surface area contributed by atoms with Gasteiger partial charge in [0.1, 0.15) is 0 Å². The molecule has 4 nitrogen and oxygen atoms in total. The monoisotopic (exact) mass is 144 g/mol. The number of hydrogen-bond donors (Lipinski definition) is 2. The molecule has 10 heavy (non-hydrogen) atoms. The third kappa shape index (κ3) is 1.03. The molecule has 0 amide bonds. The van der Waals surface area contributed by atoms with Crippen molar-refractivity contribution in [2.24, 2.45) is 0 Å². The summed E-state index contributed by atoms with van der Waals surface area (Å²) in [5.74, 6) is -3.08. The smallest absolute Gasteiger partial charge is 0.255 e. The third-order valence-corrected chi connectivity index (χ3v) is 1.30. The van der Waals surface area contributed by atoms with Crippen LogP contribution in [0.4, 0.5) is 0 Å². The zero-order chi connectivity index (χ0) is 7.78. The van der Waals surface area contributed by atoms with Gasteiger partial charge >= 0.3 is 0 Å². The number of carbonyl (C=O) groups is 1. The largest absolute Gasteiger partial charge is 0.504 e. The van der Waals surface area contributed by atoms with Crippen LogP contribution >= 0.6 is 0 Å². The minimum Gasteiger partial charge on any atom is -0.504 e. The summed E-state index contributed by atoms with van der Waals surface area (Å²) in [5, 5.41) is 17.8. The zero-order valence-electron chi connectivity index (χ0n) is 5.50. The van der Waals surface area contributed by atoms with E-state index < -0.39 is 17.3 Å². The SMILES string of the molecule is C[C@]1(O)OCC=C(O)C1=O. The van der Waals surface area contributed by atoms with Gasteiger partial charge < -0.3 is 14.9 Å². The normalized spacial score (nSPS) is 33.8. The summed E-state index contributed by atoms with van der Waals surface area (Å²) in [6, 6.07) is 0. The Kier molecular flexibility index (Phi) is 1.50. The van der Waals surface area contributed by atoms with Crippen molar-refractivity contribution < 1.29 is 19.7 Å². The molecule has 2 N–H and O–H groups in total. The fourth-order valence-corrected chi connectivity index (χ4v) is 0.679. The molecule has 4 heteroatoms. The first kappa shape index (κ1) is 7.24. The van der Waals surface area contributed by atoms with Crippen molar-refractivity contribution in [3.05, 3.63) is 11.8 Å². The molecule has 1 heterocycles. The van der Waals surface area contributed by atoms with Crippen LogP contribution in [0.15, 0.2) is 11.8 Å². The highest BCUT2D eigenvalue weighted by Crippen LogP contribution is 2.16. The Labute approximate surface area is 57.7 Å². The van der Waals surface area contributed by atoms with Crippen molar-refractivity contribution >= 4 is 5.78 Å². The topological polar surface area (TPSA) is 66.8 Å². The van der Waals surface area contributed by atoms with Crippen LogP contribution in [0.2, 0.25) is 0 Å². The fourth-order valence-electron chi connectivity index (χ4n) is 0.679. The molecule has 0 aromatic rings. The summed E-state index contributed by atoms with van der Waals surface area (Å²) in [6.45, 7) is 1.25. The Hall–Kier alpha value is -0.870. The van der Waals surface area contributed by atoms with Crippen LogP contribution in [0.25, 0.3) is 0 Å². The summed E-state index contributed by atoms with van der Waals surface area (Å²) < 4.78 is 4.62. The van der Waals surface area contributed by atoms with Crippen LogP contribution < -0.4 is 0 Å². The number of ether oxygens (including phenoxy) is 1. The molecule has 1 aliphatic heterocycles. The minimum atomic E-state index is -1.85. The van der Waals surface area contributed by atoms with E-state index in [1.807, 2.05) is 0 Å². The molecule has 0 aromatic carbocycles. The van der Waals surface area contributed by atoms with Gasteiger partial charge in [-0.25, -0.2) is 0 Å². The first-order valence-electron chi connectivity index (χ1n) is 2.84. The van der Waals surface area contributed by atoms with Crippen LogP contribution in [-0.2, 0) is 9.53 Å². The fraction of sp³-hybridized carbons (Fsp3) is 0.500. The number of ketones is 1. The number of aliphatic hydroxyl groups is 2. The number of rotatable bonds is 0. The predicted molar refractivity (Wildman–Crippen MR) is 32.3 cm³/mol. The summed E-state index contributed by atoms with van der Waals surface area (Å²) in [6.07, 6.45) is 1.21. The maximum Gasteiger partial charge on any atom is 0.255 e. The van der Waals surface area contributed by atoms with Crippen molar-refractivity contribution in [3.8, 4) is 0 Å². The quantitative estimate of drug-likeness (QED) is 0.491. The predicted octanol–water partition coefficient (Wildman–Crippen LogP) is -0.264. The molecule has 0 saturated heterocycles. The highest BCUT2D eigenvalue weighted by Gasteiger charge is 2.36. The molecule has 0 fully saturated rings. The van der Waals surface area contributed by atoms with Gasteiger partial charge in [0.05, 0.1) is 6.61 Å². The standard InChI is InChI=1S/C6H8O4/c1-6(9)5(8)4(7)2-3-10-6/h2,7,9H,3H2,1H3/t6-/m0/s1. The van der Waals surface area contributed by atoms with Crippen LogP contribution in [0.5, 0.6) is 0 Å². The van der Waals surface area contributed by atoms with Crippen LogP contribution in [0.3, 0.4) is 0 Å². The van der Waals surface area contributed by atoms with E-state index >= 15 is 0 Å². The first-order valence-corrected chi connectivity index (χ1v) is 2.84. The third-order valence-electron chi connectivity index (χ3n) is 1.30. The van der Waals surface area contributed by atoms with E-state index in [9.17, 15) is 4.79 Å².